The molecule has 0 aliphatic carbocycles. The number of methoxy groups -OCH3 is 1. The van der Waals surface area contributed by atoms with Crippen LogP contribution in [-0.2, 0) is 24.3 Å². The van der Waals surface area contributed by atoms with Crippen LogP contribution >= 0.6 is 11.6 Å². The van der Waals surface area contributed by atoms with Crippen molar-refractivity contribution in [2.45, 2.75) is 0 Å². The van der Waals surface area contributed by atoms with E-state index in [1.807, 2.05) is 0 Å². The molecule has 0 spiro atoms. The summed E-state index contributed by atoms with van der Waals surface area (Å²) in [4.78, 5) is 38.7. The predicted octanol–water partition coefficient (Wildman–Crippen LogP) is 2.00. The number of anilines is 2. The summed E-state index contributed by atoms with van der Waals surface area (Å²) in [5, 5.41) is 2.68. The van der Waals surface area contributed by atoms with Crippen LogP contribution in [0.15, 0.2) is 42.5 Å². The molecule has 0 atom stereocenters. The van der Waals surface area contributed by atoms with E-state index in [0.29, 0.717) is 31.9 Å². The Hall–Kier alpha value is -3.15. The lowest BCUT2D eigenvalue weighted by molar-refractivity contribution is -0.114. The summed E-state index contributed by atoms with van der Waals surface area (Å²) in [6, 6.07) is 10.1. The molecule has 10 nitrogen and oxygen atoms in total. The Morgan fingerprint density at radius 2 is 1.71 bits per heavy atom. The van der Waals surface area contributed by atoms with Crippen molar-refractivity contribution < 1.29 is 32.3 Å². The number of amides is 2. The number of rotatable bonds is 7. The van der Waals surface area contributed by atoms with E-state index in [2.05, 4.69) is 10.1 Å². The van der Waals surface area contributed by atoms with Gasteiger partial charge in [-0.1, -0.05) is 11.6 Å². The van der Waals surface area contributed by atoms with Crippen molar-refractivity contribution in [1.29, 1.82) is 0 Å². The number of carbonyl (C=O) groups is 3. The largest absolute Gasteiger partial charge is 0.465 e. The molecule has 0 aromatic heterocycles. The van der Waals surface area contributed by atoms with E-state index in [0.717, 1.165) is 10.6 Å². The molecule has 0 unspecified atom stereocenters. The van der Waals surface area contributed by atoms with E-state index in [-0.39, 0.29) is 27.9 Å². The van der Waals surface area contributed by atoms with Crippen molar-refractivity contribution in [1.82, 2.24) is 4.90 Å². The third-order valence-electron chi connectivity index (χ3n) is 5.05. The van der Waals surface area contributed by atoms with E-state index in [1.54, 1.807) is 4.90 Å². The Morgan fingerprint density at radius 1 is 1.09 bits per heavy atom. The monoisotopic (exact) mass is 509 g/mol. The van der Waals surface area contributed by atoms with Crippen LogP contribution in [0.5, 0.6) is 0 Å². The summed E-state index contributed by atoms with van der Waals surface area (Å²) in [6.07, 6.45) is 0.970. The first-order valence-corrected chi connectivity index (χ1v) is 12.5. The topological polar surface area (TPSA) is 122 Å². The average molecular weight is 510 g/mol. The lowest BCUT2D eigenvalue weighted by atomic mass is 10.1. The number of sulfonamides is 1. The fourth-order valence-corrected chi connectivity index (χ4v) is 4.33. The Bertz CT molecular complexity index is 1180. The summed E-state index contributed by atoms with van der Waals surface area (Å²) in [7, 11) is -2.62. The van der Waals surface area contributed by atoms with Crippen molar-refractivity contribution in [2.75, 3.05) is 55.8 Å². The number of esters is 1. The molecule has 3 rings (SSSR count). The second kappa shape index (κ2) is 10.9. The van der Waals surface area contributed by atoms with E-state index in [9.17, 15) is 22.8 Å². The standard InChI is InChI=1S/C22H24ClN3O7S/c1-32-22(29)16-5-8-18(23)19(13-16)24-20(27)14-26(34(2,30)31)17-6-3-15(4-7-17)21(28)25-9-11-33-12-10-25/h3-8,13H,9-12,14H2,1-2H3,(H,24,27). The number of halogens is 1. The number of hydrogen-bond donors (Lipinski definition) is 1. The van der Waals surface area contributed by atoms with E-state index >= 15 is 0 Å². The Balaban J connectivity index is 1.76. The molecule has 182 valence electrons. The van der Waals surface area contributed by atoms with E-state index < -0.39 is 28.4 Å². The van der Waals surface area contributed by atoms with Crippen LogP contribution in [0.2, 0.25) is 5.02 Å². The third kappa shape index (κ3) is 6.25. The number of nitrogens with one attached hydrogen (secondary N) is 1. The maximum Gasteiger partial charge on any atom is 0.337 e. The lowest BCUT2D eigenvalue weighted by Gasteiger charge is -2.27. The number of ether oxygens (including phenoxy) is 2. The van der Waals surface area contributed by atoms with Gasteiger partial charge in [0.25, 0.3) is 5.91 Å². The molecule has 2 amide bonds. The molecule has 0 bridgehead atoms. The highest BCUT2D eigenvalue weighted by molar-refractivity contribution is 7.92. The van der Waals surface area contributed by atoms with Gasteiger partial charge in [-0.15, -0.1) is 0 Å². The summed E-state index contributed by atoms with van der Waals surface area (Å²) >= 11 is 6.10. The van der Waals surface area contributed by atoms with Gasteiger partial charge in [-0.05, 0) is 42.5 Å². The van der Waals surface area contributed by atoms with Crippen molar-refractivity contribution >= 4 is 50.8 Å². The molecular formula is C22H24ClN3O7S. The molecule has 0 saturated carbocycles. The zero-order valence-electron chi connectivity index (χ0n) is 18.6. The van der Waals surface area contributed by atoms with Gasteiger partial charge in [0.1, 0.15) is 6.54 Å². The van der Waals surface area contributed by atoms with Crippen LogP contribution in [0.25, 0.3) is 0 Å². The minimum absolute atomic E-state index is 0.134. The summed E-state index contributed by atoms with van der Waals surface area (Å²) < 4.78 is 35.6. The Morgan fingerprint density at radius 3 is 2.29 bits per heavy atom. The van der Waals surface area contributed by atoms with Crippen LogP contribution in [0.3, 0.4) is 0 Å². The van der Waals surface area contributed by atoms with Crippen LogP contribution in [0.4, 0.5) is 11.4 Å². The van der Waals surface area contributed by atoms with Gasteiger partial charge in [0, 0.05) is 18.7 Å². The van der Waals surface area contributed by atoms with E-state index in [4.69, 9.17) is 16.3 Å². The second-order valence-electron chi connectivity index (χ2n) is 7.46. The summed E-state index contributed by atoms with van der Waals surface area (Å²) in [5.74, 6) is -1.47. The first-order valence-electron chi connectivity index (χ1n) is 10.2. The van der Waals surface area contributed by atoms with Gasteiger partial charge in [0.05, 0.1) is 48.5 Å². The van der Waals surface area contributed by atoms with Gasteiger partial charge in [0.15, 0.2) is 0 Å². The third-order valence-corrected chi connectivity index (χ3v) is 6.52. The van der Waals surface area contributed by atoms with Crippen LogP contribution in [-0.4, -0.2) is 77.3 Å². The van der Waals surface area contributed by atoms with Gasteiger partial charge < -0.3 is 19.7 Å². The predicted molar refractivity (Wildman–Crippen MR) is 127 cm³/mol. The number of hydrogen-bond acceptors (Lipinski definition) is 7. The molecule has 1 aliphatic rings. The lowest BCUT2D eigenvalue weighted by Crippen LogP contribution is -2.40. The van der Waals surface area contributed by atoms with E-state index in [1.165, 1.54) is 49.6 Å². The van der Waals surface area contributed by atoms with Gasteiger partial charge in [-0.3, -0.25) is 13.9 Å². The van der Waals surface area contributed by atoms with Crippen LogP contribution in [0, 0.1) is 0 Å². The first-order chi connectivity index (χ1) is 16.1. The normalized spacial score (nSPS) is 13.8. The van der Waals surface area contributed by atoms with Crippen molar-refractivity contribution in [3.8, 4) is 0 Å². The smallest absolute Gasteiger partial charge is 0.337 e. The summed E-state index contributed by atoms with van der Waals surface area (Å²) in [6.45, 7) is 1.35. The maximum atomic E-state index is 12.7. The number of morpholine rings is 1. The molecule has 1 heterocycles. The SMILES string of the molecule is COC(=O)c1ccc(Cl)c(NC(=O)CN(c2ccc(C(=O)N3CCOCC3)cc2)S(C)(=O)=O)c1. The van der Waals surface area contributed by atoms with Crippen molar-refractivity contribution in [2.24, 2.45) is 0 Å². The molecule has 0 radical (unpaired) electrons. The number of nitrogens with zero attached hydrogens (tertiary/aromatic N) is 2. The quantitative estimate of drug-likeness (QED) is 0.566. The zero-order valence-corrected chi connectivity index (χ0v) is 20.2. The first kappa shape index (κ1) is 25.5. The minimum atomic E-state index is -3.84. The molecule has 1 aliphatic heterocycles. The Kier molecular flexibility index (Phi) is 8.13. The second-order valence-corrected chi connectivity index (χ2v) is 9.77. The number of carbonyl (C=O) groups excluding carboxylic acids is 3. The van der Waals surface area contributed by atoms with Crippen molar-refractivity contribution in [3.05, 3.63) is 58.6 Å². The molecule has 34 heavy (non-hydrogen) atoms. The van der Waals surface area contributed by atoms with Gasteiger partial charge in [-0.25, -0.2) is 13.2 Å². The fourth-order valence-electron chi connectivity index (χ4n) is 3.31. The van der Waals surface area contributed by atoms with Crippen molar-refractivity contribution in [3.63, 3.8) is 0 Å². The molecule has 1 N–H and O–H groups in total. The minimum Gasteiger partial charge on any atom is -0.465 e. The highest BCUT2D eigenvalue weighted by Crippen LogP contribution is 2.24. The zero-order chi connectivity index (χ0) is 24.9. The van der Waals surface area contributed by atoms with Crippen LogP contribution in [0.1, 0.15) is 20.7 Å². The van der Waals surface area contributed by atoms with Crippen LogP contribution < -0.4 is 9.62 Å². The van der Waals surface area contributed by atoms with Gasteiger partial charge in [0.2, 0.25) is 15.9 Å². The van der Waals surface area contributed by atoms with Gasteiger partial charge in [-0.2, -0.15) is 0 Å². The molecule has 12 heteroatoms. The molecule has 1 fully saturated rings. The van der Waals surface area contributed by atoms with Gasteiger partial charge >= 0.3 is 5.97 Å². The average Bonchev–Trinajstić information content (AvgIpc) is 2.83. The molecule has 2 aromatic rings. The Labute approximate surface area is 202 Å². The molecule has 2 aromatic carbocycles. The molecular weight excluding hydrogens is 486 g/mol. The maximum absolute atomic E-state index is 12.7. The molecule has 1 saturated heterocycles. The fraction of sp³-hybridized carbons (Fsp3) is 0.318. The number of benzene rings is 2. The highest BCUT2D eigenvalue weighted by atomic mass is 35.5. The summed E-state index contributed by atoms with van der Waals surface area (Å²) in [5.41, 5.74) is 0.915. The highest BCUT2D eigenvalue weighted by Gasteiger charge is 2.23.